The number of nitrogens with zero attached hydrogens (tertiary/aromatic N) is 1. The van der Waals surface area contributed by atoms with Crippen LogP contribution in [0, 0.1) is 5.41 Å². The highest BCUT2D eigenvalue weighted by atomic mass is 16.3. The molecule has 1 heterocycles. The van der Waals surface area contributed by atoms with Gasteiger partial charge in [0.1, 0.15) is 0 Å². The van der Waals surface area contributed by atoms with Crippen molar-refractivity contribution in [1.29, 1.82) is 0 Å². The summed E-state index contributed by atoms with van der Waals surface area (Å²) in [5, 5.41) is 18.9. The molecule has 1 aliphatic heterocycles. The van der Waals surface area contributed by atoms with Crippen molar-refractivity contribution in [3.8, 4) is 0 Å². The lowest BCUT2D eigenvalue weighted by Crippen LogP contribution is -2.41. The van der Waals surface area contributed by atoms with Gasteiger partial charge in [0.2, 0.25) is 0 Å². The summed E-state index contributed by atoms with van der Waals surface area (Å²) in [5.74, 6) is 0. The molecule has 3 heteroatoms. The first-order valence-corrected chi connectivity index (χ1v) is 5.74. The predicted molar refractivity (Wildman–Crippen MR) is 55.0 cm³/mol. The van der Waals surface area contributed by atoms with Gasteiger partial charge in [-0.3, -0.25) is 4.90 Å². The van der Waals surface area contributed by atoms with E-state index in [1.807, 2.05) is 0 Å². The Balaban J connectivity index is 1.86. The molecule has 1 aliphatic carbocycles. The van der Waals surface area contributed by atoms with Crippen molar-refractivity contribution < 1.29 is 10.2 Å². The van der Waals surface area contributed by atoms with Crippen LogP contribution in [0.5, 0.6) is 0 Å². The van der Waals surface area contributed by atoms with Gasteiger partial charge in [0, 0.05) is 19.6 Å². The molecule has 0 aromatic heterocycles. The van der Waals surface area contributed by atoms with E-state index in [0.29, 0.717) is 18.5 Å². The maximum atomic E-state index is 9.44. The highest BCUT2D eigenvalue weighted by Gasteiger charge is 2.39. The van der Waals surface area contributed by atoms with Crippen LogP contribution in [0.4, 0.5) is 0 Å². The number of hydrogen-bond acceptors (Lipinski definition) is 3. The number of likely N-dealkylation sites (tertiary alicyclic amines) is 1. The van der Waals surface area contributed by atoms with Crippen molar-refractivity contribution in [2.75, 3.05) is 19.6 Å². The Morgan fingerprint density at radius 1 is 1.21 bits per heavy atom. The smallest absolute Gasteiger partial charge is 0.0938 e. The number of rotatable bonds is 3. The molecule has 2 aliphatic rings. The van der Waals surface area contributed by atoms with Crippen molar-refractivity contribution in [3.63, 3.8) is 0 Å². The monoisotopic (exact) mass is 199 g/mol. The fourth-order valence-electron chi connectivity index (χ4n) is 2.75. The van der Waals surface area contributed by atoms with Gasteiger partial charge in [-0.1, -0.05) is 13.3 Å². The van der Waals surface area contributed by atoms with Crippen molar-refractivity contribution in [2.24, 2.45) is 5.41 Å². The summed E-state index contributed by atoms with van der Waals surface area (Å²) in [6.07, 6.45) is 4.19. The Bertz CT molecular complexity index is 188. The van der Waals surface area contributed by atoms with E-state index in [-0.39, 0.29) is 0 Å². The van der Waals surface area contributed by atoms with Gasteiger partial charge in [-0.15, -0.1) is 0 Å². The van der Waals surface area contributed by atoms with Crippen LogP contribution in [0.3, 0.4) is 0 Å². The molecule has 0 aromatic rings. The van der Waals surface area contributed by atoms with Crippen LogP contribution in [0.2, 0.25) is 0 Å². The molecule has 1 saturated heterocycles. The first kappa shape index (κ1) is 10.4. The molecule has 0 bridgehead atoms. The van der Waals surface area contributed by atoms with Gasteiger partial charge in [0.05, 0.1) is 12.2 Å². The molecule has 2 unspecified atom stereocenters. The Morgan fingerprint density at radius 2 is 1.79 bits per heavy atom. The molecule has 82 valence electrons. The molecule has 2 N–H and O–H groups in total. The number of hydrogen-bond donors (Lipinski definition) is 2. The Hall–Kier alpha value is -0.120. The molecule has 0 radical (unpaired) electrons. The van der Waals surface area contributed by atoms with Crippen LogP contribution in [0.1, 0.15) is 32.6 Å². The van der Waals surface area contributed by atoms with Crippen molar-refractivity contribution in [2.45, 2.75) is 44.8 Å². The van der Waals surface area contributed by atoms with Crippen molar-refractivity contribution >= 4 is 0 Å². The molecule has 0 amide bonds. The van der Waals surface area contributed by atoms with E-state index in [0.717, 1.165) is 6.54 Å². The van der Waals surface area contributed by atoms with E-state index >= 15 is 0 Å². The van der Waals surface area contributed by atoms with Gasteiger partial charge in [-0.2, -0.15) is 0 Å². The topological polar surface area (TPSA) is 43.7 Å². The maximum absolute atomic E-state index is 9.44. The van der Waals surface area contributed by atoms with Crippen LogP contribution < -0.4 is 0 Å². The lowest BCUT2D eigenvalue weighted by Gasteiger charge is -2.44. The second kappa shape index (κ2) is 3.80. The van der Waals surface area contributed by atoms with Crippen LogP contribution in [-0.4, -0.2) is 47.0 Å². The fourth-order valence-corrected chi connectivity index (χ4v) is 2.75. The molecular weight excluding hydrogens is 178 g/mol. The van der Waals surface area contributed by atoms with Gasteiger partial charge >= 0.3 is 0 Å². The molecule has 3 nitrogen and oxygen atoms in total. The fraction of sp³-hybridized carbons (Fsp3) is 1.00. The minimum atomic E-state index is -0.524. The minimum absolute atomic E-state index is 0.504. The van der Waals surface area contributed by atoms with Crippen LogP contribution >= 0.6 is 0 Å². The Labute approximate surface area is 85.7 Å². The molecule has 2 fully saturated rings. The van der Waals surface area contributed by atoms with E-state index < -0.39 is 12.2 Å². The Kier molecular flexibility index (Phi) is 2.82. The lowest BCUT2D eigenvalue weighted by atomic mass is 9.67. The predicted octanol–water partition coefficient (Wildman–Crippen LogP) is 0.604. The highest BCUT2D eigenvalue weighted by Crippen LogP contribution is 2.44. The maximum Gasteiger partial charge on any atom is 0.0938 e. The molecule has 2 rings (SSSR count). The molecule has 0 aromatic carbocycles. The zero-order chi connectivity index (χ0) is 10.2. The standard InChI is InChI=1S/C11H21NO2/c1-2-11(4-3-5-11)8-12-6-9(13)10(14)7-12/h9-10,13-14H,2-8H2,1H3. The summed E-state index contributed by atoms with van der Waals surface area (Å²) in [4.78, 5) is 2.22. The van der Waals surface area contributed by atoms with Crippen molar-refractivity contribution in [1.82, 2.24) is 4.90 Å². The summed E-state index contributed by atoms with van der Waals surface area (Å²) in [7, 11) is 0. The summed E-state index contributed by atoms with van der Waals surface area (Å²) < 4.78 is 0. The third-order valence-electron chi connectivity index (χ3n) is 4.06. The normalized spacial score (nSPS) is 37.1. The molecule has 1 saturated carbocycles. The number of β-amino-alcohol motifs (C(OH)–C–C–N with tert-alkyl or cyclic N) is 2. The van der Waals surface area contributed by atoms with Gasteiger partial charge in [-0.05, 0) is 24.7 Å². The second-order valence-corrected chi connectivity index (χ2v) is 5.04. The van der Waals surface area contributed by atoms with E-state index in [4.69, 9.17) is 0 Å². The largest absolute Gasteiger partial charge is 0.389 e. The van der Waals surface area contributed by atoms with Gasteiger partial charge in [0.15, 0.2) is 0 Å². The summed E-state index contributed by atoms with van der Waals surface area (Å²) in [6.45, 7) is 4.63. The van der Waals surface area contributed by atoms with Gasteiger partial charge < -0.3 is 10.2 Å². The average Bonchev–Trinajstić information content (AvgIpc) is 2.39. The lowest BCUT2D eigenvalue weighted by molar-refractivity contribution is 0.0572. The zero-order valence-electron chi connectivity index (χ0n) is 8.95. The van der Waals surface area contributed by atoms with E-state index in [9.17, 15) is 10.2 Å². The van der Waals surface area contributed by atoms with E-state index in [1.54, 1.807) is 0 Å². The summed E-state index contributed by atoms with van der Waals surface area (Å²) in [6, 6.07) is 0. The molecule has 0 spiro atoms. The number of aliphatic hydroxyl groups is 2. The average molecular weight is 199 g/mol. The van der Waals surface area contributed by atoms with Crippen LogP contribution in [0.25, 0.3) is 0 Å². The zero-order valence-corrected chi connectivity index (χ0v) is 8.95. The van der Waals surface area contributed by atoms with Crippen molar-refractivity contribution in [3.05, 3.63) is 0 Å². The quantitative estimate of drug-likeness (QED) is 0.699. The molecular formula is C11H21NO2. The third kappa shape index (κ3) is 1.81. The molecule has 14 heavy (non-hydrogen) atoms. The summed E-state index contributed by atoms with van der Waals surface area (Å²) in [5.41, 5.74) is 0.504. The van der Waals surface area contributed by atoms with E-state index in [2.05, 4.69) is 11.8 Å². The summed E-state index contributed by atoms with van der Waals surface area (Å²) >= 11 is 0. The number of aliphatic hydroxyl groups excluding tert-OH is 2. The minimum Gasteiger partial charge on any atom is -0.389 e. The van der Waals surface area contributed by atoms with E-state index in [1.165, 1.54) is 25.7 Å². The first-order valence-electron chi connectivity index (χ1n) is 5.74. The van der Waals surface area contributed by atoms with Gasteiger partial charge in [-0.25, -0.2) is 0 Å². The first-order chi connectivity index (χ1) is 6.65. The molecule has 2 atom stereocenters. The SMILES string of the molecule is CCC1(CN2CC(O)C(O)C2)CCC1. The van der Waals surface area contributed by atoms with Gasteiger partial charge in [0.25, 0.3) is 0 Å². The van der Waals surface area contributed by atoms with Crippen LogP contribution in [-0.2, 0) is 0 Å². The highest BCUT2D eigenvalue weighted by molar-refractivity contribution is 4.93. The third-order valence-corrected chi connectivity index (χ3v) is 4.06. The second-order valence-electron chi connectivity index (χ2n) is 5.04. The van der Waals surface area contributed by atoms with Crippen LogP contribution in [0.15, 0.2) is 0 Å². The Morgan fingerprint density at radius 3 is 2.14 bits per heavy atom.